The summed E-state index contributed by atoms with van der Waals surface area (Å²) in [7, 11) is 1.97. The van der Waals surface area contributed by atoms with Crippen molar-refractivity contribution in [1.82, 2.24) is 10.2 Å². The Kier molecular flexibility index (Phi) is 10.6. The van der Waals surface area contributed by atoms with Crippen LogP contribution in [-0.2, 0) is 26.1 Å². The Morgan fingerprint density at radius 3 is 2.43 bits per heavy atom. The van der Waals surface area contributed by atoms with Gasteiger partial charge in [-0.1, -0.05) is 12.1 Å². The van der Waals surface area contributed by atoms with Gasteiger partial charge in [-0.3, -0.25) is 9.69 Å². The van der Waals surface area contributed by atoms with Crippen LogP contribution in [0, 0.1) is 17.5 Å². The first-order chi connectivity index (χ1) is 27.5. The minimum Gasteiger partial charge on any atom is -0.443 e. The Labute approximate surface area is 336 Å². The molecular weight excluding hydrogens is 758 g/mol. The van der Waals surface area contributed by atoms with Crippen molar-refractivity contribution in [2.24, 2.45) is 0 Å². The summed E-state index contributed by atoms with van der Waals surface area (Å²) in [5, 5.41) is 3.17. The quantitative estimate of drug-likeness (QED) is 0.247. The molecule has 3 fully saturated rings. The average molecular weight is 810 g/mol. The first-order valence-electron chi connectivity index (χ1n) is 20.3. The minimum absolute atomic E-state index is 0.110. The van der Waals surface area contributed by atoms with Crippen molar-refractivity contribution in [3.63, 3.8) is 0 Å². The van der Waals surface area contributed by atoms with Crippen LogP contribution in [-0.4, -0.2) is 99.5 Å². The third-order valence-corrected chi connectivity index (χ3v) is 12.7. The summed E-state index contributed by atoms with van der Waals surface area (Å²) < 4.78 is 84.3. The highest BCUT2D eigenvalue weighted by molar-refractivity contribution is 5.95. The van der Waals surface area contributed by atoms with E-state index in [9.17, 15) is 31.5 Å². The monoisotopic (exact) mass is 809 g/mol. The highest BCUT2D eigenvalue weighted by atomic mass is 19.3. The molecule has 3 saturated heterocycles. The Balaban J connectivity index is 0.989. The predicted octanol–water partition coefficient (Wildman–Crippen LogP) is 7.55. The third-order valence-electron chi connectivity index (χ3n) is 12.7. The number of amides is 2. The fraction of sp³-hybridized carbons (Fsp3) is 0.545. The van der Waals surface area contributed by atoms with Crippen molar-refractivity contribution in [2.75, 3.05) is 67.6 Å². The van der Waals surface area contributed by atoms with E-state index in [0.717, 1.165) is 35.5 Å². The summed E-state index contributed by atoms with van der Waals surface area (Å²) in [6.45, 7) is 8.04. The standard InChI is InChI=1S/C44H52F5N5O4/c1-42(2,3)58-41(56)53-24-31-23-44(48,49)26-54(31)38-21-30(7-10-37(38)53)52-13-11-43(12-14-52)22-28(32-8-6-29(45)20-33(32)43)19-40(55)50-36(39-25-51(4)15-16-57-39)18-27-5-9-34(46)35(47)17-27/h5-10,17,20-21,28,31,36,39H,11-16,18-19,22-26H2,1-4H3,(H,50,55)/t28-,31+,36?,39?/m1/s1. The van der Waals surface area contributed by atoms with Crippen molar-refractivity contribution < 1.29 is 41.0 Å². The van der Waals surface area contributed by atoms with Gasteiger partial charge in [0.2, 0.25) is 5.91 Å². The number of halogens is 5. The number of rotatable bonds is 7. The fourth-order valence-electron chi connectivity index (χ4n) is 9.93. The van der Waals surface area contributed by atoms with Gasteiger partial charge < -0.3 is 29.5 Å². The molecule has 1 spiro atoms. The van der Waals surface area contributed by atoms with E-state index in [1.165, 1.54) is 17.0 Å². The molecular formula is C44H52F5N5O4. The summed E-state index contributed by atoms with van der Waals surface area (Å²) in [5.74, 6) is -5.47. The van der Waals surface area contributed by atoms with Crippen LogP contribution in [0.15, 0.2) is 54.6 Å². The van der Waals surface area contributed by atoms with E-state index in [1.807, 2.05) is 25.2 Å². The van der Waals surface area contributed by atoms with Crippen LogP contribution in [0.1, 0.15) is 75.5 Å². The molecule has 58 heavy (non-hydrogen) atoms. The van der Waals surface area contributed by atoms with Crippen LogP contribution in [0.2, 0.25) is 0 Å². The number of nitrogens with one attached hydrogen (secondary N) is 1. The first kappa shape index (κ1) is 40.4. The first-order valence-corrected chi connectivity index (χ1v) is 20.3. The summed E-state index contributed by atoms with van der Waals surface area (Å²) in [6.07, 6.45) is 1.19. The number of nitrogens with zero attached hydrogens (tertiary/aromatic N) is 4. The molecule has 4 aliphatic heterocycles. The number of alkyl halides is 2. The lowest BCUT2D eigenvalue weighted by Crippen LogP contribution is -2.53. The lowest BCUT2D eigenvalue weighted by molar-refractivity contribution is -0.124. The van der Waals surface area contributed by atoms with Gasteiger partial charge in [0.05, 0.1) is 42.7 Å². The number of piperidine rings is 1. The van der Waals surface area contributed by atoms with E-state index in [0.29, 0.717) is 62.4 Å². The number of hydrogen-bond acceptors (Lipinski definition) is 7. The van der Waals surface area contributed by atoms with Gasteiger partial charge in [-0.15, -0.1) is 0 Å². The Hall–Kier alpha value is -4.43. The largest absolute Gasteiger partial charge is 0.443 e. The van der Waals surface area contributed by atoms with Crippen LogP contribution in [0.3, 0.4) is 0 Å². The maximum absolute atomic E-state index is 14.9. The minimum atomic E-state index is -2.89. The molecule has 2 unspecified atom stereocenters. The normalized spacial score (nSPS) is 24.3. The summed E-state index contributed by atoms with van der Waals surface area (Å²) >= 11 is 0. The van der Waals surface area contributed by atoms with E-state index in [1.54, 1.807) is 37.8 Å². The van der Waals surface area contributed by atoms with Crippen molar-refractivity contribution in [2.45, 2.75) is 100 Å². The number of benzene rings is 3. The molecule has 4 atom stereocenters. The number of carbonyl (C=O) groups is 2. The molecule has 0 saturated carbocycles. The van der Waals surface area contributed by atoms with Crippen molar-refractivity contribution >= 4 is 29.1 Å². The van der Waals surface area contributed by atoms with Crippen molar-refractivity contribution in [3.05, 3.63) is 88.7 Å². The second-order valence-electron chi connectivity index (χ2n) is 18.0. The van der Waals surface area contributed by atoms with E-state index in [-0.39, 0.29) is 55.0 Å². The molecule has 3 aromatic carbocycles. The molecule has 1 N–H and O–H groups in total. The molecule has 1 aliphatic carbocycles. The lowest BCUT2D eigenvalue weighted by atomic mass is 9.73. The smallest absolute Gasteiger partial charge is 0.414 e. The van der Waals surface area contributed by atoms with E-state index in [4.69, 9.17) is 9.47 Å². The topological polar surface area (TPSA) is 77.6 Å². The van der Waals surface area contributed by atoms with Crippen molar-refractivity contribution in [3.8, 4) is 0 Å². The number of morpholine rings is 1. The van der Waals surface area contributed by atoms with Crippen LogP contribution in [0.5, 0.6) is 0 Å². The number of hydrogen-bond donors (Lipinski definition) is 1. The molecule has 312 valence electrons. The van der Waals surface area contributed by atoms with Gasteiger partial charge >= 0.3 is 6.09 Å². The van der Waals surface area contributed by atoms with Gasteiger partial charge in [0, 0.05) is 51.3 Å². The number of likely N-dealkylation sites (N-methyl/N-ethyl adjacent to an activating group) is 1. The fourth-order valence-corrected chi connectivity index (χ4v) is 9.93. The SMILES string of the molecule is CN1CCOC(C(Cc2ccc(F)c(F)c2)NC(=O)C[C@@H]2CC3(CCN(c4ccc5c(c4)N4CC(F)(F)C[C@H]4CN5C(=O)OC(C)(C)C)CC3)c3cc(F)ccc32)C1. The second-order valence-corrected chi connectivity index (χ2v) is 18.0. The molecule has 0 radical (unpaired) electrons. The van der Waals surface area contributed by atoms with Crippen LogP contribution < -0.4 is 20.0 Å². The van der Waals surface area contributed by atoms with Crippen LogP contribution >= 0.6 is 0 Å². The van der Waals surface area contributed by atoms with Gasteiger partial charge in [-0.2, -0.15) is 0 Å². The molecule has 4 heterocycles. The molecule has 0 bridgehead atoms. The summed E-state index contributed by atoms with van der Waals surface area (Å²) in [5.41, 5.74) is 3.26. The maximum atomic E-state index is 14.9. The van der Waals surface area contributed by atoms with E-state index in [2.05, 4.69) is 15.1 Å². The number of ether oxygens (including phenoxy) is 2. The molecule has 0 aromatic heterocycles. The van der Waals surface area contributed by atoms with E-state index >= 15 is 0 Å². The Bertz CT molecular complexity index is 2050. The lowest BCUT2D eigenvalue weighted by Gasteiger charge is -2.43. The highest BCUT2D eigenvalue weighted by Gasteiger charge is 2.50. The molecule has 9 nitrogen and oxygen atoms in total. The van der Waals surface area contributed by atoms with Gasteiger partial charge in [-0.25, -0.2) is 26.7 Å². The maximum Gasteiger partial charge on any atom is 0.414 e. The van der Waals surface area contributed by atoms with Crippen LogP contribution in [0.4, 0.5) is 43.8 Å². The average Bonchev–Trinajstić information content (AvgIpc) is 3.63. The zero-order chi connectivity index (χ0) is 41.1. The molecule has 14 heteroatoms. The molecule has 5 aliphatic rings. The molecule has 3 aromatic rings. The highest BCUT2D eigenvalue weighted by Crippen LogP contribution is 2.54. The predicted molar refractivity (Wildman–Crippen MR) is 211 cm³/mol. The van der Waals surface area contributed by atoms with Crippen LogP contribution in [0.25, 0.3) is 0 Å². The molecule has 2 amide bonds. The Morgan fingerprint density at radius 2 is 1.71 bits per heavy atom. The van der Waals surface area contributed by atoms with Gasteiger partial charge in [0.1, 0.15) is 11.4 Å². The summed E-state index contributed by atoms with van der Waals surface area (Å²) in [6, 6.07) is 13.2. The number of anilines is 3. The zero-order valence-electron chi connectivity index (χ0n) is 33.5. The van der Waals surface area contributed by atoms with E-state index < -0.39 is 47.9 Å². The third kappa shape index (κ3) is 8.23. The Morgan fingerprint density at radius 1 is 0.931 bits per heavy atom. The van der Waals surface area contributed by atoms with Crippen molar-refractivity contribution in [1.29, 1.82) is 0 Å². The zero-order valence-corrected chi connectivity index (χ0v) is 33.5. The number of carbonyl (C=O) groups excluding carboxylic acids is 2. The molecule has 8 rings (SSSR count). The van der Waals surface area contributed by atoms with Gasteiger partial charge in [-0.05, 0) is 124 Å². The summed E-state index contributed by atoms with van der Waals surface area (Å²) in [4.78, 5) is 34.8. The van der Waals surface area contributed by atoms with Gasteiger partial charge in [0.15, 0.2) is 11.6 Å². The van der Waals surface area contributed by atoms with Gasteiger partial charge in [0.25, 0.3) is 5.92 Å². The second kappa shape index (κ2) is 15.3. The number of fused-ring (bicyclic) bond motifs is 5.